The van der Waals surface area contributed by atoms with Crippen molar-refractivity contribution in [3.05, 3.63) is 236 Å². The summed E-state index contributed by atoms with van der Waals surface area (Å²) in [6, 6.07) is 22.6. The molecular weight excluding hydrogens is 1100 g/mol. The maximum absolute atomic E-state index is 13.1. The van der Waals surface area contributed by atoms with Crippen molar-refractivity contribution in [2.45, 2.75) is 108 Å². The molecule has 0 saturated heterocycles. The number of rotatable bonds is 28. The minimum atomic E-state index is -3.27. The van der Waals surface area contributed by atoms with Gasteiger partial charge in [-0.1, -0.05) is 121 Å². The van der Waals surface area contributed by atoms with Gasteiger partial charge in [-0.25, -0.2) is 0 Å². The van der Waals surface area contributed by atoms with Crippen molar-refractivity contribution in [1.29, 1.82) is 0 Å². The van der Waals surface area contributed by atoms with Crippen LogP contribution in [0.4, 0.5) is 0 Å². The lowest BCUT2D eigenvalue weighted by atomic mass is 10.0. The number of Topliss-reactive ketones (excluding diaryl/α,β-unsaturated/α-hetero) is 4. The zero-order chi connectivity index (χ0) is 89.7. The van der Waals surface area contributed by atoms with Gasteiger partial charge < -0.3 is 37.9 Å². The van der Waals surface area contributed by atoms with Crippen LogP contribution in [0.2, 0.25) is 0 Å². The third kappa shape index (κ3) is 21.7. The molecule has 0 bridgehead atoms. The number of carbonyl (C=O) groups excluding carboxylic acids is 4. The summed E-state index contributed by atoms with van der Waals surface area (Å²) < 4.78 is 271. The van der Waals surface area contributed by atoms with Crippen molar-refractivity contribution >= 4 is 23.1 Å². The van der Waals surface area contributed by atoms with Crippen LogP contribution in [0.5, 0.6) is 46.0 Å². The van der Waals surface area contributed by atoms with Crippen LogP contribution in [0, 0.1) is 27.7 Å². The highest BCUT2D eigenvalue weighted by Gasteiger charge is 2.19. The van der Waals surface area contributed by atoms with Gasteiger partial charge in [-0.3, -0.25) is 19.2 Å². The van der Waals surface area contributed by atoms with E-state index in [1.165, 1.54) is 19.9 Å². The molecule has 0 radical (unpaired) electrons. The highest BCUT2D eigenvalue weighted by Crippen LogP contribution is 2.34. The lowest BCUT2D eigenvalue weighted by Crippen LogP contribution is -2.07. The Morgan fingerprint density at radius 2 is 0.568 bits per heavy atom. The standard InChI is InChI=1S/4C19H22O3/c4*1-4-21-18-13-16(19(22-5-2)11-14(18)3)12-17(20)15-9-7-6-8-10-15/h4*6-11,13H,4-5,12H2,1-3H3/i1D3,2D3,4D2,5D2,6D,7D,8D,9D,10D;6D,7D,8D,9D,10D;1D3,2D3,4D2,5D2;. The fraction of sp³-hybridized carbons (Fsp3) is 0.316. The largest absolute Gasteiger partial charge is 0.494 e. The predicted octanol–water partition coefficient (Wildman–Crippen LogP) is 16.9. The monoisotopic (exact) mass is 1220 g/mol. The van der Waals surface area contributed by atoms with Crippen LogP contribution in [0.1, 0.15) is 182 Å². The maximum Gasteiger partial charge on any atom is 0.167 e. The number of ketones is 4. The Morgan fingerprint density at radius 3 is 0.841 bits per heavy atom. The maximum atomic E-state index is 13.1. The lowest BCUT2D eigenvalue weighted by molar-refractivity contribution is 0.0983. The third-order valence-corrected chi connectivity index (χ3v) is 12.4. The van der Waals surface area contributed by atoms with Gasteiger partial charge in [0.1, 0.15) is 46.0 Å². The number of hydrogen-bond donors (Lipinski definition) is 0. The third-order valence-electron chi connectivity index (χ3n) is 12.4. The Hall–Kier alpha value is -9.16. The molecule has 12 heteroatoms. The molecule has 88 heavy (non-hydrogen) atoms. The van der Waals surface area contributed by atoms with Crippen LogP contribution >= 0.6 is 0 Å². The second-order valence-corrected chi connectivity index (χ2v) is 18.6. The molecule has 8 aromatic carbocycles. The summed E-state index contributed by atoms with van der Waals surface area (Å²) in [4.78, 5) is 51.0. The molecule has 0 N–H and O–H groups in total. The first-order valence-electron chi connectivity index (χ1n) is 42.5. The molecule has 0 aromatic heterocycles. The van der Waals surface area contributed by atoms with E-state index in [1.54, 1.807) is 42.5 Å². The van der Waals surface area contributed by atoms with Gasteiger partial charge in [0.25, 0.3) is 0 Å². The molecule has 8 aromatic rings. The molecule has 0 aliphatic heterocycles. The smallest absolute Gasteiger partial charge is 0.167 e. The van der Waals surface area contributed by atoms with E-state index in [-0.39, 0.29) is 57.9 Å². The van der Waals surface area contributed by atoms with Gasteiger partial charge in [-0.2, -0.15) is 0 Å². The lowest BCUT2D eigenvalue weighted by Gasteiger charge is -2.15. The number of hydrogen-bond acceptors (Lipinski definition) is 12. The van der Waals surface area contributed by atoms with E-state index in [0.717, 1.165) is 46.4 Å². The molecule has 0 saturated carbocycles. The molecule has 0 heterocycles. The summed E-state index contributed by atoms with van der Waals surface area (Å²) in [5, 5.41) is 0. The molecule has 0 aliphatic rings. The van der Waals surface area contributed by atoms with Gasteiger partial charge in [0.15, 0.2) is 23.1 Å². The molecule has 0 atom stereocenters. The minimum absolute atomic E-state index is 0.00322. The second kappa shape index (κ2) is 37.4. The van der Waals surface area contributed by atoms with Gasteiger partial charge in [0.05, 0.1) is 77.3 Å². The summed E-state index contributed by atoms with van der Waals surface area (Å²) in [6.45, 7) is -9.13. The van der Waals surface area contributed by atoms with E-state index < -0.39 is 155 Å². The number of carbonyl (C=O) groups is 4. The zero-order valence-corrected chi connectivity index (χ0v) is 49.9. The first-order valence-corrected chi connectivity index (χ1v) is 27.5. The Morgan fingerprint density at radius 1 is 0.330 bits per heavy atom. The number of ether oxygens (including phenoxy) is 8. The van der Waals surface area contributed by atoms with E-state index in [2.05, 4.69) is 0 Å². The van der Waals surface area contributed by atoms with Gasteiger partial charge in [0.2, 0.25) is 0 Å². The molecular formula is C76H88O12. The van der Waals surface area contributed by atoms with E-state index in [0.29, 0.717) is 61.0 Å². The van der Waals surface area contributed by atoms with E-state index >= 15 is 0 Å². The Balaban J connectivity index is 0.000000285. The highest BCUT2D eigenvalue weighted by atomic mass is 16.5. The molecule has 0 unspecified atom stereocenters. The Bertz CT molecular complexity index is 4850. The Kier molecular flexibility index (Phi) is 15.9. The highest BCUT2D eigenvalue weighted by molar-refractivity contribution is 5.99. The molecule has 464 valence electrons. The van der Waals surface area contributed by atoms with Gasteiger partial charge in [-0.05, 0) is 154 Å². The summed E-state index contributed by atoms with van der Waals surface area (Å²) in [5.74, 6) is -0.611. The first-order chi connectivity index (χ1) is 54.3. The minimum Gasteiger partial charge on any atom is -0.494 e. The van der Waals surface area contributed by atoms with E-state index in [1.807, 2.05) is 84.0 Å². The van der Waals surface area contributed by atoms with Crippen LogP contribution in [0.25, 0.3) is 0 Å². The van der Waals surface area contributed by atoms with Crippen molar-refractivity contribution in [2.24, 2.45) is 0 Å². The van der Waals surface area contributed by atoms with E-state index in [9.17, 15) is 19.2 Å². The van der Waals surface area contributed by atoms with Gasteiger partial charge in [-0.15, -0.1) is 0 Å². The molecule has 12 nitrogen and oxygen atoms in total. The van der Waals surface area contributed by atoms with Gasteiger partial charge in [0, 0.05) is 86.6 Å². The van der Waals surface area contributed by atoms with Crippen molar-refractivity contribution < 1.29 is 98.2 Å². The SMILES string of the molecule is CCOc1cc(CC(=O)c2ccccc2)c(OCC)cc1C.[2H]C([2H])([2H])C([2H])([2H])Oc1cc(CC(=O)c2ccccc2)c(OC([2H])([2H])C([2H])([2H])[2H])cc1C.[2H]c1c([2H])c([2H])c(C(=O)Cc2cc(OC([2H])([2H])C([2H])([2H])[2H])c(C)cc2OC([2H])([2H])C([2H])([2H])[2H])c([2H])c1[2H].[2H]c1c([2H])c([2H])c(C(=O)Cc2cc(OCC)c(C)cc2OCC)c([2H])c1[2H]. The molecule has 0 aliphatic carbocycles. The Labute approximate surface area is 564 Å². The molecule has 0 spiro atoms. The van der Waals surface area contributed by atoms with Crippen molar-refractivity contribution in [2.75, 3.05) is 52.7 Å². The van der Waals surface area contributed by atoms with Crippen LogP contribution < -0.4 is 37.9 Å². The van der Waals surface area contributed by atoms with Crippen molar-refractivity contribution in [1.82, 2.24) is 0 Å². The summed E-state index contributed by atoms with van der Waals surface area (Å²) >= 11 is 0. The topological polar surface area (TPSA) is 142 Å². The molecule has 8 rings (SSSR count). The van der Waals surface area contributed by atoms with Crippen LogP contribution in [-0.4, -0.2) is 75.8 Å². The quantitative estimate of drug-likeness (QED) is 0.0431. The van der Waals surface area contributed by atoms with Crippen LogP contribution in [0.3, 0.4) is 0 Å². The first kappa shape index (κ1) is 37.5. The van der Waals surface area contributed by atoms with Gasteiger partial charge >= 0.3 is 0 Å². The normalized spacial score (nSPS) is 16.5. The molecule has 0 amide bonds. The fourth-order valence-corrected chi connectivity index (χ4v) is 8.30. The molecule has 0 fully saturated rings. The summed E-state index contributed by atoms with van der Waals surface area (Å²) in [7, 11) is 0. The zero-order valence-electron chi connectivity index (χ0n) is 79.9. The average molecular weight is 1220 g/mol. The predicted molar refractivity (Wildman–Crippen MR) is 352 cm³/mol. The van der Waals surface area contributed by atoms with Crippen molar-refractivity contribution in [3.8, 4) is 46.0 Å². The summed E-state index contributed by atoms with van der Waals surface area (Å²) in [5.41, 5.74) is 3.17. The van der Waals surface area contributed by atoms with Crippen LogP contribution in [0.15, 0.2) is 170 Å². The fourth-order valence-electron chi connectivity index (χ4n) is 8.30. The van der Waals surface area contributed by atoms with Crippen LogP contribution in [-0.2, 0) is 25.7 Å². The average Bonchev–Trinajstić information content (AvgIpc) is 0.782. The van der Waals surface area contributed by atoms with E-state index in [4.69, 9.17) is 79.0 Å². The number of aryl methyl sites for hydroxylation is 4. The second-order valence-electron chi connectivity index (χ2n) is 18.6. The summed E-state index contributed by atoms with van der Waals surface area (Å²) in [6.07, 6.45) is -1.04. The number of benzene rings is 8. The van der Waals surface area contributed by atoms with Crippen molar-refractivity contribution in [3.63, 3.8) is 0 Å².